The van der Waals surface area contributed by atoms with E-state index in [2.05, 4.69) is 15.0 Å². The Labute approximate surface area is 93.6 Å². The molecule has 16 heavy (non-hydrogen) atoms. The lowest BCUT2D eigenvalue weighted by molar-refractivity contribution is 0.666. The molecule has 4 N–H and O–H groups in total. The average molecular weight is 215 g/mol. The third kappa shape index (κ3) is 2.32. The normalized spacial score (nSPS) is 12.3. The summed E-state index contributed by atoms with van der Waals surface area (Å²) in [4.78, 5) is 12.2. The van der Waals surface area contributed by atoms with Crippen LogP contribution >= 0.6 is 0 Å². The van der Waals surface area contributed by atoms with Gasteiger partial charge in [-0.05, 0) is 24.1 Å². The maximum Gasteiger partial charge on any atom is 0.145 e. The highest BCUT2D eigenvalue weighted by Gasteiger charge is 2.11. The van der Waals surface area contributed by atoms with Gasteiger partial charge in [-0.2, -0.15) is 0 Å². The van der Waals surface area contributed by atoms with Crippen LogP contribution in [0, 0.1) is 0 Å². The fourth-order valence-corrected chi connectivity index (χ4v) is 1.45. The van der Waals surface area contributed by atoms with Crippen LogP contribution < -0.4 is 11.5 Å². The highest BCUT2D eigenvalue weighted by atomic mass is 14.9. The SMILES string of the molecule is Nc1ncccc1CC(N)c1ncccn1. The number of hydrogen-bond donors (Lipinski definition) is 2. The van der Waals surface area contributed by atoms with Gasteiger partial charge in [0, 0.05) is 18.6 Å². The molecule has 0 aromatic carbocycles. The Kier molecular flexibility index (Phi) is 3.07. The number of aromatic nitrogens is 3. The molecule has 82 valence electrons. The first-order valence-corrected chi connectivity index (χ1v) is 4.99. The van der Waals surface area contributed by atoms with Gasteiger partial charge in [0.1, 0.15) is 11.6 Å². The fourth-order valence-electron chi connectivity index (χ4n) is 1.45. The van der Waals surface area contributed by atoms with Crippen LogP contribution in [0.3, 0.4) is 0 Å². The van der Waals surface area contributed by atoms with E-state index >= 15 is 0 Å². The predicted molar refractivity (Wildman–Crippen MR) is 61.3 cm³/mol. The summed E-state index contributed by atoms with van der Waals surface area (Å²) >= 11 is 0. The minimum atomic E-state index is -0.257. The van der Waals surface area contributed by atoms with Gasteiger partial charge >= 0.3 is 0 Å². The maximum atomic E-state index is 5.99. The number of anilines is 1. The van der Waals surface area contributed by atoms with Crippen LogP contribution in [0.2, 0.25) is 0 Å². The summed E-state index contributed by atoms with van der Waals surface area (Å²) in [6.45, 7) is 0. The van der Waals surface area contributed by atoms with E-state index in [1.165, 1.54) is 0 Å². The molecule has 1 unspecified atom stereocenters. The molecule has 2 heterocycles. The van der Waals surface area contributed by atoms with Gasteiger partial charge in [0.05, 0.1) is 6.04 Å². The molecule has 0 amide bonds. The van der Waals surface area contributed by atoms with Crippen molar-refractivity contribution in [3.63, 3.8) is 0 Å². The molecule has 0 aliphatic heterocycles. The summed E-state index contributed by atoms with van der Waals surface area (Å²) in [6.07, 6.45) is 5.59. The molecule has 5 heteroatoms. The van der Waals surface area contributed by atoms with Crippen LogP contribution in [0.25, 0.3) is 0 Å². The van der Waals surface area contributed by atoms with Gasteiger partial charge in [-0.1, -0.05) is 6.07 Å². The molecule has 0 fully saturated rings. The summed E-state index contributed by atoms with van der Waals surface area (Å²) in [7, 11) is 0. The van der Waals surface area contributed by atoms with E-state index in [-0.39, 0.29) is 6.04 Å². The zero-order valence-corrected chi connectivity index (χ0v) is 8.74. The van der Waals surface area contributed by atoms with Gasteiger partial charge < -0.3 is 11.5 Å². The van der Waals surface area contributed by atoms with Crippen molar-refractivity contribution in [3.8, 4) is 0 Å². The van der Waals surface area contributed by atoms with Crippen molar-refractivity contribution in [1.82, 2.24) is 15.0 Å². The zero-order chi connectivity index (χ0) is 11.4. The molecule has 0 aliphatic rings. The molecule has 0 saturated heterocycles. The van der Waals surface area contributed by atoms with E-state index in [4.69, 9.17) is 11.5 Å². The Morgan fingerprint density at radius 2 is 1.75 bits per heavy atom. The van der Waals surface area contributed by atoms with Crippen molar-refractivity contribution < 1.29 is 0 Å². The summed E-state index contributed by atoms with van der Waals surface area (Å²) < 4.78 is 0. The Morgan fingerprint density at radius 3 is 2.44 bits per heavy atom. The van der Waals surface area contributed by atoms with Crippen LogP contribution in [-0.4, -0.2) is 15.0 Å². The molecule has 0 spiro atoms. The minimum Gasteiger partial charge on any atom is -0.383 e. The van der Waals surface area contributed by atoms with E-state index in [1.54, 1.807) is 24.7 Å². The van der Waals surface area contributed by atoms with Crippen LogP contribution in [0.5, 0.6) is 0 Å². The van der Waals surface area contributed by atoms with Crippen molar-refractivity contribution in [1.29, 1.82) is 0 Å². The van der Waals surface area contributed by atoms with Gasteiger partial charge in [0.25, 0.3) is 0 Å². The second-order valence-corrected chi connectivity index (χ2v) is 3.47. The number of nitrogens with two attached hydrogens (primary N) is 2. The van der Waals surface area contributed by atoms with E-state index in [0.717, 1.165) is 5.56 Å². The lowest BCUT2D eigenvalue weighted by Gasteiger charge is -2.10. The summed E-state index contributed by atoms with van der Waals surface area (Å²) in [5.41, 5.74) is 12.6. The number of pyridine rings is 1. The highest BCUT2D eigenvalue weighted by molar-refractivity contribution is 5.39. The molecule has 5 nitrogen and oxygen atoms in total. The van der Waals surface area contributed by atoms with Crippen molar-refractivity contribution in [2.45, 2.75) is 12.5 Å². The molecular formula is C11H13N5. The first-order chi connectivity index (χ1) is 7.77. The third-order valence-electron chi connectivity index (χ3n) is 2.28. The molecule has 0 aliphatic carbocycles. The zero-order valence-electron chi connectivity index (χ0n) is 8.74. The highest BCUT2D eigenvalue weighted by Crippen LogP contribution is 2.15. The first kappa shape index (κ1) is 10.5. The Balaban J connectivity index is 2.14. The molecule has 0 radical (unpaired) electrons. The second-order valence-electron chi connectivity index (χ2n) is 3.47. The number of nitrogen functional groups attached to an aromatic ring is 1. The van der Waals surface area contributed by atoms with E-state index < -0.39 is 0 Å². The second kappa shape index (κ2) is 4.67. The topological polar surface area (TPSA) is 90.7 Å². The van der Waals surface area contributed by atoms with Crippen LogP contribution in [0.15, 0.2) is 36.8 Å². The van der Waals surface area contributed by atoms with Crippen molar-refractivity contribution >= 4 is 5.82 Å². The van der Waals surface area contributed by atoms with E-state index in [1.807, 2.05) is 12.1 Å². The van der Waals surface area contributed by atoms with Crippen LogP contribution in [-0.2, 0) is 6.42 Å². The average Bonchev–Trinajstić information content (AvgIpc) is 2.33. The standard InChI is InChI=1S/C11H13N5/c12-9(11-15-5-2-6-16-11)7-8-3-1-4-14-10(8)13/h1-6,9H,7,12H2,(H2,13,14). The quantitative estimate of drug-likeness (QED) is 0.786. The summed E-state index contributed by atoms with van der Waals surface area (Å²) in [6, 6.07) is 5.25. The first-order valence-electron chi connectivity index (χ1n) is 4.99. The van der Waals surface area contributed by atoms with Crippen LogP contribution in [0.1, 0.15) is 17.4 Å². The molecule has 2 rings (SSSR count). The Morgan fingerprint density at radius 1 is 1.06 bits per heavy atom. The van der Waals surface area contributed by atoms with Crippen molar-refractivity contribution in [2.75, 3.05) is 5.73 Å². The fraction of sp³-hybridized carbons (Fsp3) is 0.182. The smallest absolute Gasteiger partial charge is 0.145 e. The molecule has 2 aromatic heterocycles. The predicted octanol–water partition coefficient (Wildman–Crippen LogP) is 0.696. The van der Waals surface area contributed by atoms with Crippen molar-refractivity contribution in [3.05, 3.63) is 48.2 Å². The van der Waals surface area contributed by atoms with E-state index in [9.17, 15) is 0 Å². The van der Waals surface area contributed by atoms with Gasteiger partial charge in [0.15, 0.2) is 0 Å². The van der Waals surface area contributed by atoms with Gasteiger partial charge in [0.2, 0.25) is 0 Å². The van der Waals surface area contributed by atoms with E-state index in [0.29, 0.717) is 18.1 Å². The van der Waals surface area contributed by atoms with Gasteiger partial charge in [-0.3, -0.25) is 0 Å². The monoisotopic (exact) mass is 215 g/mol. The lowest BCUT2D eigenvalue weighted by Crippen LogP contribution is -2.17. The van der Waals surface area contributed by atoms with Crippen LogP contribution in [0.4, 0.5) is 5.82 Å². The lowest BCUT2D eigenvalue weighted by atomic mass is 10.1. The van der Waals surface area contributed by atoms with Crippen molar-refractivity contribution in [2.24, 2.45) is 5.73 Å². The summed E-state index contributed by atoms with van der Waals surface area (Å²) in [5, 5.41) is 0. The minimum absolute atomic E-state index is 0.257. The molecule has 1 atom stereocenters. The number of hydrogen-bond acceptors (Lipinski definition) is 5. The molecular weight excluding hydrogens is 202 g/mol. The third-order valence-corrected chi connectivity index (χ3v) is 2.28. The number of rotatable bonds is 3. The van der Waals surface area contributed by atoms with Gasteiger partial charge in [-0.25, -0.2) is 15.0 Å². The Bertz CT molecular complexity index is 457. The molecule has 2 aromatic rings. The maximum absolute atomic E-state index is 5.99. The molecule has 0 saturated carbocycles. The summed E-state index contributed by atoms with van der Waals surface area (Å²) in [5.74, 6) is 1.12. The largest absolute Gasteiger partial charge is 0.383 e. The molecule has 0 bridgehead atoms. The van der Waals surface area contributed by atoms with Gasteiger partial charge in [-0.15, -0.1) is 0 Å². The number of nitrogens with zero attached hydrogens (tertiary/aromatic N) is 3. The Hall–Kier alpha value is -2.01.